The van der Waals surface area contributed by atoms with Crippen molar-refractivity contribution in [2.45, 2.75) is 6.54 Å². The van der Waals surface area contributed by atoms with E-state index in [1.807, 2.05) is 29.6 Å². The van der Waals surface area contributed by atoms with Crippen LogP contribution in [0.15, 0.2) is 42.0 Å². The van der Waals surface area contributed by atoms with E-state index < -0.39 is 5.97 Å². The first kappa shape index (κ1) is 12.5. The van der Waals surface area contributed by atoms with Gasteiger partial charge in [0.25, 0.3) is 0 Å². The molecule has 0 bridgehead atoms. The van der Waals surface area contributed by atoms with E-state index in [4.69, 9.17) is 0 Å². The molecule has 0 saturated heterocycles. The topological polar surface area (TPSA) is 80.9 Å². The summed E-state index contributed by atoms with van der Waals surface area (Å²) in [4.78, 5) is 16.1. The monoisotopic (exact) mass is 286 g/mol. The van der Waals surface area contributed by atoms with Gasteiger partial charge in [0.2, 0.25) is 0 Å². The smallest absolute Gasteiger partial charge is 0.358 e. The zero-order chi connectivity index (χ0) is 13.9. The number of thiophene rings is 1. The van der Waals surface area contributed by atoms with Crippen LogP contribution < -0.4 is 0 Å². The van der Waals surface area contributed by atoms with Crippen LogP contribution in [-0.2, 0) is 6.54 Å². The van der Waals surface area contributed by atoms with Gasteiger partial charge in [-0.15, -0.1) is 16.4 Å². The van der Waals surface area contributed by atoms with Crippen molar-refractivity contribution in [1.29, 1.82) is 0 Å². The largest absolute Gasteiger partial charge is 0.476 e. The molecule has 3 aromatic rings. The summed E-state index contributed by atoms with van der Waals surface area (Å²) in [6.07, 6.45) is 3.41. The Kier molecular flexibility index (Phi) is 3.26. The van der Waals surface area contributed by atoms with Gasteiger partial charge in [-0.25, -0.2) is 9.48 Å². The van der Waals surface area contributed by atoms with Crippen LogP contribution in [0.1, 0.15) is 16.1 Å². The summed E-state index contributed by atoms with van der Waals surface area (Å²) >= 11 is 1.46. The van der Waals surface area contributed by atoms with E-state index in [1.54, 1.807) is 17.1 Å². The fraction of sp³-hybridized carbons (Fsp3) is 0.0769. The zero-order valence-corrected chi connectivity index (χ0v) is 11.1. The minimum atomic E-state index is -1.08. The predicted molar refractivity (Wildman–Crippen MR) is 73.6 cm³/mol. The molecule has 0 aliphatic rings. The number of aromatic nitrogens is 4. The Morgan fingerprint density at radius 3 is 2.90 bits per heavy atom. The van der Waals surface area contributed by atoms with Crippen LogP contribution in [0, 0.1) is 0 Å². The van der Waals surface area contributed by atoms with Crippen molar-refractivity contribution in [3.8, 4) is 10.6 Å². The molecule has 3 rings (SSSR count). The van der Waals surface area contributed by atoms with Gasteiger partial charge in [0.05, 0.1) is 11.4 Å². The molecule has 0 saturated carbocycles. The van der Waals surface area contributed by atoms with E-state index in [2.05, 4.69) is 15.3 Å². The molecule has 0 aliphatic carbocycles. The Hall–Kier alpha value is -2.54. The fourth-order valence-corrected chi connectivity index (χ4v) is 2.66. The fourth-order valence-electron chi connectivity index (χ4n) is 1.89. The second-order valence-corrected chi connectivity index (χ2v) is 5.04. The SMILES string of the molecule is O=C(O)c1nnn(Cc2cccnc2)c1-c1cccs1. The maximum absolute atomic E-state index is 11.3. The molecule has 0 aliphatic heterocycles. The molecule has 6 nitrogen and oxygen atoms in total. The van der Waals surface area contributed by atoms with Crippen LogP contribution in [-0.4, -0.2) is 31.1 Å². The number of carboxylic acids is 1. The number of rotatable bonds is 4. The van der Waals surface area contributed by atoms with Crippen molar-refractivity contribution in [1.82, 2.24) is 20.0 Å². The molecule has 0 spiro atoms. The van der Waals surface area contributed by atoms with E-state index in [0.29, 0.717) is 12.2 Å². The Morgan fingerprint density at radius 1 is 1.35 bits per heavy atom. The molecule has 0 fully saturated rings. The van der Waals surface area contributed by atoms with Crippen LogP contribution >= 0.6 is 11.3 Å². The molecular formula is C13H10N4O2S. The maximum Gasteiger partial charge on any atom is 0.358 e. The molecule has 1 N–H and O–H groups in total. The molecule has 0 amide bonds. The van der Waals surface area contributed by atoms with Gasteiger partial charge < -0.3 is 5.11 Å². The van der Waals surface area contributed by atoms with Gasteiger partial charge in [0.15, 0.2) is 5.69 Å². The molecule has 3 aromatic heterocycles. The zero-order valence-electron chi connectivity index (χ0n) is 10.3. The Bertz CT molecular complexity index is 722. The summed E-state index contributed by atoms with van der Waals surface area (Å²) < 4.78 is 1.59. The van der Waals surface area contributed by atoms with Crippen molar-refractivity contribution < 1.29 is 9.90 Å². The summed E-state index contributed by atoms with van der Waals surface area (Å²) in [5.41, 5.74) is 1.43. The van der Waals surface area contributed by atoms with Gasteiger partial charge in [-0.3, -0.25) is 4.98 Å². The molecule has 3 heterocycles. The quantitative estimate of drug-likeness (QED) is 0.794. The number of carboxylic acid groups (broad SMARTS) is 1. The van der Waals surface area contributed by atoms with Crippen LogP contribution in [0.3, 0.4) is 0 Å². The minimum absolute atomic E-state index is 0.0312. The third kappa shape index (κ3) is 2.30. The summed E-state index contributed by atoms with van der Waals surface area (Å²) in [6, 6.07) is 7.46. The van der Waals surface area contributed by atoms with E-state index >= 15 is 0 Å². The first-order chi connectivity index (χ1) is 9.75. The molecule has 100 valence electrons. The average Bonchev–Trinajstić information content (AvgIpc) is 3.08. The third-order valence-electron chi connectivity index (χ3n) is 2.75. The lowest BCUT2D eigenvalue weighted by Crippen LogP contribution is -2.05. The molecule has 0 radical (unpaired) electrons. The third-order valence-corrected chi connectivity index (χ3v) is 3.62. The Balaban J connectivity index is 2.06. The van der Waals surface area contributed by atoms with Crippen LogP contribution in [0.4, 0.5) is 0 Å². The molecule has 0 atom stereocenters. The van der Waals surface area contributed by atoms with Crippen LogP contribution in [0.5, 0.6) is 0 Å². The second kappa shape index (κ2) is 5.22. The number of pyridine rings is 1. The van der Waals surface area contributed by atoms with Crippen molar-refractivity contribution >= 4 is 17.3 Å². The van der Waals surface area contributed by atoms with Gasteiger partial charge in [-0.2, -0.15) is 0 Å². The summed E-state index contributed by atoms with van der Waals surface area (Å²) in [5.74, 6) is -1.08. The first-order valence-electron chi connectivity index (χ1n) is 5.85. The first-order valence-corrected chi connectivity index (χ1v) is 6.73. The highest BCUT2D eigenvalue weighted by molar-refractivity contribution is 7.13. The lowest BCUT2D eigenvalue weighted by Gasteiger charge is -2.05. The molecular weight excluding hydrogens is 276 g/mol. The second-order valence-electron chi connectivity index (χ2n) is 4.09. The number of nitrogens with zero attached hydrogens (tertiary/aromatic N) is 4. The van der Waals surface area contributed by atoms with Crippen LogP contribution in [0.2, 0.25) is 0 Å². The number of hydrogen-bond acceptors (Lipinski definition) is 5. The van der Waals surface area contributed by atoms with Crippen molar-refractivity contribution in [3.63, 3.8) is 0 Å². The van der Waals surface area contributed by atoms with Gasteiger partial charge >= 0.3 is 5.97 Å². The normalized spacial score (nSPS) is 10.6. The molecule has 7 heteroatoms. The van der Waals surface area contributed by atoms with Gasteiger partial charge in [0, 0.05) is 12.4 Å². The number of hydrogen-bond donors (Lipinski definition) is 1. The Labute approximate surface area is 118 Å². The lowest BCUT2D eigenvalue weighted by molar-refractivity contribution is 0.0691. The van der Waals surface area contributed by atoms with Crippen molar-refractivity contribution in [3.05, 3.63) is 53.3 Å². The summed E-state index contributed by atoms with van der Waals surface area (Å²) in [6.45, 7) is 0.432. The van der Waals surface area contributed by atoms with E-state index in [1.165, 1.54) is 11.3 Å². The Morgan fingerprint density at radius 2 is 2.25 bits per heavy atom. The van der Waals surface area contributed by atoms with Gasteiger partial charge in [-0.05, 0) is 23.1 Å². The highest BCUT2D eigenvalue weighted by atomic mass is 32.1. The van der Waals surface area contributed by atoms with Gasteiger partial charge in [0.1, 0.15) is 5.69 Å². The number of aromatic carboxylic acids is 1. The summed E-state index contributed by atoms with van der Waals surface area (Å²) in [7, 11) is 0. The molecule has 0 unspecified atom stereocenters. The van der Waals surface area contributed by atoms with Crippen molar-refractivity contribution in [2.75, 3.05) is 0 Å². The lowest BCUT2D eigenvalue weighted by atomic mass is 10.2. The predicted octanol–water partition coefficient (Wildman–Crippen LogP) is 2.15. The van der Waals surface area contributed by atoms with E-state index in [9.17, 15) is 9.90 Å². The van der Waals surface area contributed by atoms with Crippen molar-refractivity contribution in [2.24, 2.45) is 0 Å². The van der Waals surface area contributed by atoms with E-state index in [0.717, 1.165) is 10.4 Å². The van der Waals surface area contributed by atoms with Gasteiger partial charge in [-0.1, -0.05) is 17.3 Å². The molecule has 20 heavy (non-hydrogen) atoms. The standard InChI is InChI=1S/C13H10N4O2S/c18-13(19)11-12(10-4-2-6-20-10)17(16-15-11)8-9-3-1-5-14-7-9/h1-7H,8H2,(H,18,19). The average molecular weight is 286 g/mol. The highest BCUT2D eigenvalue weighted by Gasteiger charge is 2.21. The number of carbonyl (C=O) groups is 1. The summed E-state index contributed by atoms with van der Waals surface area (Å²) in [5, 5.41) is 18.8. The van der Waals surface area contributed by atoms with E-state index in [-0.39, 0.29) is 5.69 Å². The van der Waals surface area contributed by atoms with Crippen LogP contribution in [0.25, 0.3) is 10.6 Å². The highest BCUT2D eigenvalue weighted by Crippen LogP contribution is 2.27. The minimum Gasteiger partial charge on any atom is -0.476 e. The maximum atomic E-state index is 11.3. The molecule has 0 aromatic carbocycles.